The highest BCUT2D eigenvalue weighted by molar-refractivity contribution is 6.31. The highest BCUT2D eigenvalue weighted by atomic mass is 35.5. The van der Waals surface area contributed by atoms with Crippen LogP contribution in [0.15, 0.2) is 18.2 Å². The molecule has 7 heteroatoms. The van der Waals surface area contributed by atoms with Crippen molar-refractivity contribution in [1.82, 2.24) is 0 Å². The molecule has 0 amide bonds. The quantitative estimate of drug-likeness (QED) is 0.270. The summed E-state index contributed by atoms with van der Waals surface area (Å²) in [6, 6.07) is 3.65. The van der Waals surface area contributed by atoms with Crippen LogP contribution in [0.25, 0.3) is 0 Å². The SMILES string of the molecule is CCOC(=O)CC(=O)c1ccc(Cl)cc1[N+](=O)[O-]. The lowest BCUT2D eigenvalue weighted by Gasteiger charge is -2.03. The Morgan fingerprint density at radius 1 is 1.44 bits per heavy atom. The number of ether oxygens (including phenoxy) is 1. The van der Waals surface area contributed by atoms with E-state index in [1.54, 1.807) is 6.92 Å². The minimum atomic E-state index is -0.718. The highest BCUT2D eigenvalue weighted by Crippen LogP contribution is 2.24. The van der Waals surface area contributed by atoms with Gasteiger partial charge in [-0.15, -0.1) is 0 Å². The lowest BCUT2D eigenvalue weighted by Crippen LogP contribution is -2.12. The molecule has 0 unspecified atom stereocenters. The van der Waals surface area contributed by atoms with E-state index in [0.29, 0.717) is 0 Å². The maximum absolute atomic E-state index is 11.7. The predicted octanol–water partition coefficient (Wildman–Crippen LogP) is 2.38. The van der Waals surface area contributed by atoms with Crippen LogP contribution in [0.4, 0.5) is 5.69 Å². The van der Waals surface area contributed by atoms with Gasteiger partial charge in [0.1, 0.15) is 6.42 Å². The summed E-state index contributed by atoms with van der Waals surface area (Å²) in [6.45, 7) is 1.75. The van der Waals surface area contributed by atoms with E-state index in [1.807, 2.05) is 0 Å². The number of hydrogen-bond acceptors (Lipinski definition) is 5. The van der Waals surface area contributed by atoms with Gasteiger partial charge >= 0.3 is 5.97 Å². The first-order valence-corrected chi connectivity index (χ1v) is 5.46. The molecule has 0 aromatic heterocycles. The van der Waals surface area contributed by atoms with Gasteiger partial charge in [0.05, 0.1) is 17.1 Å². The van der Waals surface area contributed by atoms with Crippen molar-refractivity contribution in [1.29, 1.82) is 0 Å². The molecule has 0 heterocycles. The first-order chi connectivity index (χ1) is 8.45. The number of halogens is 1. The number of Topliss-reactive ketones (excluding diaryl/α,β-unsaturated/α-hetero) is 1. The summed E-state index contributed by atoms with van der Waals surface area (Å²) in [4.78, 5) is 32.9. The molecule has 0 aliphatic rings. The number of nitro benzene ring substituents is 1. The minimum Gasteiger partial charge on any atom is -0.466 e. The van der Waals surface area contributed by atoms with E-state index in [2.05, 4.69) is 4.74 Å². The standard InChI is InChI=1S/C11H10ClNO5/c1-2-18-11(15)6-10(14)8-4-3-7(12)5-9(8)13(16)17/h3-5H,2,6H2,1H3. The van der Waals surface area contributed by atoms with E-state index in [9.17, 15) is 19.7 Å². The van der Waals surface area contributed by atoms with Crippen LogP contribution in [0.1, 0.15) is 23.7 Å². The van der Waals surface area contributed by atoms with Crippen LogP contribution in [0, 0.1) is 10.1 Å². The second kappa shape index (κ2) is 6.11. The summed E-state index contributed by atoms with van der Waals surface area (Å²) in [7, 11) is 0. The number of ketones is 1. The number of rotatable bonds is 5. The Bertz CT molecular complexity index is 500. The van der Waals surface area contributed by atoms with Gasteiger partial charge in [0.2, 0.25) is 0 Å². The van der Waals surface area contributed by atoms with Crippen LogP contribution < -0.4 is 0 Å². The molecular weight excluding hydrogens is 262 g/mol. The van der Waals surface area contributed by atoms with Crippen molar-refractivity contribution in [3.8, 4) is 0 Å². The van der Waals surface area contributed by atoms with Crippen molar-refractivity contribution in [3.05, 3.63) is 38.9 Å². The van der Waals surface area contributed by atoms with Crippen LogP contribution in [0.5, 0.6) is 0 Å². The van der Waals surface area contributed by atoms with Gasteiger partial charge in [-0.05, 0) is 19.1 Å². The molecular formula is C11H10ClNO5. The van der Waals surface area contributed by atoms with Crippen molar-refractivity contribution in [2.45, 2.75) is 13.3 Å². The van der Waals surface area contributed by atoms with Gasteiger partial charge in [-0.1, -0.05) is 11.6 Å². The van der Waals surface area contributed by atoms with Crippen molar-refractivity contribution < 1.29 is 19.2 Å². The van der Waals surface area contributed by atoms with Gasteiger partial charge in [0.25, 0.3) is 5.69 Å². The number of esters is 1. The number of carbonyl (C=O) groups is 2. The van der Waals surface area contributed by atoms with Crippen molar-refractivity contribution in [3.63, 3.8) is 0 Å². The number of hydrogen-bond donors (Lipinski definition) is 0. The number of nitro groups is 1. The average molecular weight is 272 g/mol. The Labute approximate surface area is 108 Å². The summed E-state index contributed by atoms with van der Waals surface area (Å²) >= 11 is 5.61. The zero-order valence-electron chi connectivity index (χ0n) is 9.51. The zero-order valence-corrected chi connectivity index (χ0v) is 10.3. The molecule has 0 radical (unpaired) electrons. The maximum Gasteiger partial charge on any atom is 0.313 e. The topological polar surface area (TPSA) is 86.5 Å². The van der Waals surface area contributed by atoms with Crippen molar-refractivity contribution >= 4 is 29.0 Å². The number of carbonyl (C=O) groups excluding carboxylic acids is 2. The van der Waals surface area contributed by atoms with E-state index in [-0.39, 0.29) is 17.2 Å². The van der Waals surface area contributed by atoms with Gasteiger partial charge in [-0.2, -0.15) is 0 Å². The first-order valence-electron chi connectivity index (χ1n) is 5.08. The molecule has 0 aliphatic carbocycles. The van der Waals surface area contributed by atoms with E-state index < -0.39 is 28.8 Å². The van der Waals surface area contributed by atoms with Gasteiger partial charge in [-0.25, -0.2) is 0 Å². The average Bonchev–Trinajstić information content (AvgIpc) is 2.28. The Kier molecular flexibility index (Phi) is 4.79. The molecule has 6 nitrogen and oxygen atoms in total. The monoisotopic (exact) mass is 271 g/mol. The van der Waals surface area contributed by atoms with Crippen LogP contribution in [-0.2, 0) is 9.53 Å². The van der Waals surface area contributed by atoms with Crippen LogP contribution in [0.2, 0.25) is 5.02 Å². The Balaban J connectivity index is 2.98. The lowest BCUT2D eigenvalue weighted by atomic mass is 10.1. The van der Waals surface area contributed by atoms with Gasteiger partial charge < -0.3 is 4.74 Å². The minimum absolute atomic E-state index is 0.148. The maximum atomic E-state index is 11.7. The van der Waals surface area contributed by atoms with E-state index in [4.69, 9.17) is 11.6 Å². The third-order valence-corrected chi connectivity index (χ3v) is 2.30. The molecule has 0 bridgehead atoms. The molecule has 0 atom stereocenters. The Morgan fingerprint density at radius 3 is 2.67 bits per heavy atom. The van der Waals surface area contributed by atoms with E-state index >= 15 is 0 Å². The fourth-order valence-electron chi connectivity index (χ4n) is 1.33. The molecule has 0 N–H and O–H groups in total. The van der Waals surface area contributed by atoms with Gasteiger partial charge in [0, 0.05) is 11.1 Å². The van der Waals surface area contributed by atoms with Crippen molar-refractivity contribution in [2.24, 2.45) is 0 Å². The fraction of sp³-hybridized carbons (Fsp3) is 0.273. The van der Waals surface area contributed by atoms with Gasteiger partial charge in [0.15, 0.2) is 5.78 Å². The summed E-state index contributed by atoms with van der Waals surface area (Å²) in [6.07, 6.45) is -0.531. The predicted molar refractivity (Wildman–Crippen MR) is 63.7 cm³/mol. The normalized spacial score (nSPS) is 9.89. The number of benzene rings is 1. The second-order valence-corrected chi connectivity index (χ2v) is 3.76. The van der Waals surface area contributed by atoms with Crippen LogP contribution in [-0.4, -0.2) is 23.3 Å². The molecule has 0 saturated heterocycles. The summed E-state index contributed by atoms with van der Waals surface area (Å²) < 4.78 is 4.60. The molecule has 0 spiro atoms. The molecule has 1 aromatic carbocycles. The smallest absolute Gasteiger partial charge is 0.313 e. The summed E-state index contributed by atoms with van der Waals surface area (Å²) in [5, 5.41) is 10.9. The van der Waals surface area contributed by atoms with Gasteiger partial charge in [-0.3, -0.25) is 19.7 Å². The Morgan fingerprint density at radius 2 is 2.11 bits per heavy atom. The molecule has 96 valence electrons. The molecule has 0 saturated carbocycles. The zero-order chi connectivity index (χ0) is 13.7. The summed E-state index contributed by atoms with van der Waals surface area (Å²) in [5.74, 6) is -1.39. The third kappa shape index (κ3) is 3.53. The molecule has 1 rings (SSSR count). The highest BCUT2D eigenvalue weighted by Gasteiger charge is 2.22. The van der Waals surface area contributed by atoms with Crippen LogP contribution >= 0.6 is 11.6 Å². The molecule has 1 aromatic rings. The lowest BCUT2D eigenvalue weighted by molar-refractivity contribution is -0.385. The second-order valence-electron chi connectivity index (χ2n) is 3.32. The van der Waals surface area contributed by atoms with E-state index in [1.165, 1.54) is 12.1 Å². The number of nitrogens with zero attached hydrogens (tertiary/aromatic N) is 1. The van der Waals surface area contributed by atoms with E-state index in [0.717, 1.165) is 6.07 Å². The Hall–Kier alpha value is -1.95. The molecule has 0 aliphatic heterocycles. The first kappa shape index (κ1) is 14.1. The summed E-state index contributed by atoms with van der Waals surface area (Å²) in [5.41, 5.74) is -0.575. The third-order valence-electron chi connectivity index (χ3n) is 2.07. The van der Waals surface area contributed by atoms with Crippen LogP contribution in [0.3, 0.4) is 0 Å². The molecule has 0 fully saturated rings. The largest absolute Gasteiger partial charge is 0.466 e. The fourth-order valence-corrected chi connectivity index (χ4v) is 1.50. The van der Waals surface area contributed by atoms with Crippen molar-refractivity contribution in [2.75, 3.05) is 6.61 Å². The molecule has 18 heavy (non-hydrogen) atoms.